The molecule has 0 amide bonds. The van der Waals surface area contributed by atoms with E-state index >= 15 is 0 Å². The highest BCUT2D eigenvalue weighted by atomic mass is 79.9. The van der Waals surface area contributed by atoms with Gasteiger partial charge < -0.3 is 10.1 Å². The maximum Gasteiger partial charge on any atom is 0.258 e. The molecular weight excluding hydrogens is 322 g/mol. The Kier molecular flexibility index (Phi) is 5.32. The number of rotatable bonds is 7. The maximum absolute atomic E-state index is 12.0. The lowest BCUT2D eigenvalue weighted by Gasteiger charge is -2.24. The molecule has 104 valence electrons. The molecule has 0 aliphatic heterocycles. The van der Waals surface area contributed by atoms with Gasteiger partial charge in [-0.25, -0.2) is 18.1 Å². The first-order valence-corrected chi connectivity index (χ1v) is 7.85. The van der Waals surface area contributed by atoms with Crippen LogP contribution in [-0.4, -0.2) is 36.6 Å². The molecule has 1 rings (SSSR count). The molecule has 0 aromatic carbocycles. The molecule has 1 aromatic rings. The largest absolute Gasteiger partial charge is 0.396 e. The van der Waals surface area contributed by atoms with Crippen LogP contribution in [-0.2, 0) is 10.0 Å². The molecule has 0 saturated heterocycles. The number of aromatic nitrogens is 2. The Morgan fingerprint density at radius 1 is 1.56 bits per heavy atom. The minimum absolute atomic E-state index is 0.0282. The van der Waals surface area contributed by atoms with Crippen molar-refractivity contribution in [2.24, 2.45) is 5.41 Å². The van der Waals surface area contributed by atoms with E-state index in [4.69, 9.17) is 5.11 Å². The third-order valence-electron chi connectivity index (χ3n) is 2.58. The minimum atomic E-state index is -3.58. The third kappa shape index (κ3) is 4.34. The van der Waals surface area contributed by atoms with E-state index in [2.05, 4.69) is 30.6 Å². The van der Waals surface area contributed by atoms with Gasteiger partial charge in [0.25, 0.3) is 10.0 Å². The van der Waals surface area contributed by atoms with Crippen molar-refractivity contribution in [3.63, 3.8) is 0 Å². The van der Waals surface area contributed by atoms with Crippen molar-refractivity contribution >= 4 is 26.0 Å². The summed E-state index contributed by atoms with van der Waals surface area (Å²) < 4.78 is 26.8. The number of nitrogens with one attached hydrogen (secondary N) is 2. The van der Waals surface area contributed by atoms with Gasteiger partial charge in [-0.05, 0) is 34.2 Å². The van der Waals surface area contributed by atoms with E-state index in [1.165, 1.54) is 6.33 Å². The number of hydrogen-bond acceptors (Lipinski definition) is 4. The van der Waals surface area contributed by atoms with Crippen LogP contribution in [0.4, 0.5) is 0 Å². The minimum Gasteiger partial charge on any atom is -0.396 e. The molecular formula is C10H18BrN3O3S. The summed E-state index contributed by atoms with van der Waals surface area (Å²) in [4.78, 5) is 6.36. The maximum atomic E-state index is 12.0. The number of aliphatic hydroxyl groups excluding tert-OH is 1. The summed E-state index contributed by atoms with van der Waals surface area (Å²) in [5, 5.41) is 8.81. The first-order chi connectivity index (χ1) is 8.28. The van der Waals surface area contributed by atoms with E-state index in [0.717, 1.165) is 6.42 Å². The summed E-state index contributed by atoms with van der Waals surface area (Å²) in [5.41, 5.74) is -0.206. The summed E-state index contributed by atoms with van der Waals surface area (Å²) in [6, 6.07) is 0. The number of sulfonamides is 1. The average molecular weight is 340 g/mol. The molecule has 0 aliphatic rings. The summed E-state index contributed by atoms with van der Waals surface area (Å²) >= 11 is 3.07. The lowest BCUT2D eigenvalue weighted by Crippen LogP contribution is -2.34. The monoisotopic (exact) mass is 339 g/mol. The van der Waals surface area contributed by atoms with Crippen LogP contribution >= 0.6 is 15.9 Å². The van der Waals surface area contributed by atoms with Gasteiger partial charge in [-0.1, -0.05) is 13.8 Å². The lowest BCUT2D eigenvalue weighted by atomic mass is 9.88. The molecule has 0 bridgehead atoms. The highest BCUT2D eigenvalue weighted by Crippen LogP contribution is 2.22. The van der Waals surface area contributed by atoms with Crippen LogP contribution in [0.25, 0.3) is 0 Å². The predicted octanol–water partition coefficient (Wildman–Crippen LogP) is 1.25. The van der Waals surface area contributed by atoms with Crippen molar-refractivity contribution in [2.45, 2.75) is 31.7 Å². The van der Waals surface area contributed by atoms with Crippen molar-refractivity contribution in [2.75, 3.05) is 13.2 Å². The van der Waals surface area contributed by atoms with Gasteiger partial charge in [-0.15, -0.1) is 0 Å². The molecule has 0 spiro atoms. The highest BCUT2D eigenvalue weighted by molar-refractivity contribution is 9.10. The van der Waals surface area contributed by atoms with Crippen LogP contribution in [0, 0.1) is 5.41 Å². The van der Waals surface area contributed by atoms with Crippen LogP contribution in [0.15, 0.2) is 16.0 Å². The number of imidazole rings is 1. The zero-order valence-electron chi connectivity index (χ0n) is 10.4. The molecule has 0 fully saturated rings. The zero-order valence-corrected chi connectivity index (χ0v) is 12.8. The molecule has 18 heavy (non-hydrogen) atoms. The van der Waals surface area contributed by atoms with Crippen molar-refractivity contribution in [3.8, 4) is 0 Å². The predicted molar refractivity (Wildman–Crippen MR) is 71.6 cm³/mol. The van der Waals surface area contributed by atoms with Crippen LogP contribution in [0.1, 0.15) is 26.7 Å². The van der Waals surface area contributed by atoms with Gasteiger partial charge in [0.15, 0.2) is 5.03 Å². The second-order valence-corrected chi connectivity index (χ2v) is 7.29. The summed E-state index contributed by atoms with van der Waals surface area (Å²) in [7, 11) is -3.58. The molecule has 0 aliphatic carbocycles. The number of aliphatic hydroxyl groups is 1. The molecule has 0 unspecified atom stereocenters. The lowest BCUT2D eigenvalue weighted by molar-refractivity contribution is 0.242. The second-order valence-electron chi connectivity index (χ2n) is 4.84. The van der Waals surface area contributed by atoms with Gasteiger partial charge in [-0.3, -0.25) is 0 Å². The summed E-state index contributed by atoms with van der Waals surface area (Å²) in [6.07, 6.45) is 2.72. The Hall–Kier alpha value is -0.440. The Morgan fingerprint density at radius 2 is 2.22 bits per heavy atom. The van der Waals surface area contributed by atoms with Crippen LogP contribution in [0.5, 0.6) is 0 Å². The van der Waals surface area contributed by atoms with Crippen LogP contribution in [0.3, 0.4) is 0 Å². The standard InChI is InChI=1S/C10H18BrN3O3S/c1-10(2,4-3-5-15)6-14-18(16,17)9-8(11)12-7-13-9/h7,14-15H,3-6H2,1-2H3,(H,12,13). The van der Waals surface area contributed by atoms with Crippen LogP contribution < -0.4 is 4.72 Å². The number of hydrogen-bond donors (Lipinski definition) is 3. The van der Waals surface area contributed by atoms with Crippen molar-refractivity contribution < 1.29 is 13.5 Å². The van der Waals surface area contributed by atoms with Gasteiger partial charge in [0.1, 0.15) is 4.60 Å². The summed E-state index contributed by atoms with van der Waals surface area (Å²) in [6.45, 7) is 4.32. The smallest absolute Gasteiger partial charge is 0.258 e. The number of halogens is 1. The average Bonchev–Trinajstić information content (AvgIpc) is 2.71. The fourth-order valence-corrected chi connectivity index (χ4v) is 3.53. The van der Waals surface area contributed by atoms with Gasteiger partial charge in [-0.2, -0.15) is 0 Å². The van der Waals surface area contributed by atoms with Gasteiger partial charge in [0.2, 0.25) is 0 Å². The fraction of sp³-hybridized carbons (Fsp3) is 0.700. The number of nitrogens with zero attached hydrogens (tertiary/aromatic N) is 1. The topological polar surface area (TPSA) is 95.1 Å². The van der Waals surface area contributed by atoms with Crippen molar-refractivity contribution in [1.82, 2.24) is 14.7 Å². The van der Waals surface area contributed by atoms with Crippen LogP contribution in [0.2, 0.25) is 0 Å². The molecule has 1 aromatic heterocycles. The highest BCUT2D eigenvalue weighted by Gasteiger charge is 2.24. The van der Waals surface area contributed by atoms with E-state index in [0.29, 0.717) is 13.0 Å². The Labute approximate surface area is 115 Å². The zero-order chi connectivity index (χ0) is 13.8. The Bertz CT molecular complexity index is 484. The molecule has 0 saturated carbocycles. The Morgan fingerprint density at radius 3 is 2.72 bits per heavy atom. The molecule has 1 heterocycles. The van der Waals surface area contributed by atoms with E-state index in [-0.39, 0.29) is 21.7 Å². The first kappa shape index (κ1) is 15.6. The first-order valence-electron chi connectivity index (χ1n) is 5.58. The van der Waals surface area contributed by atoms with E-state index in [1.54, 1.807) is 0 Å². The second kappa shape index (κ2) is 6.14. The Balaban J connectivity index is 2.66. The molecule has 8 heteroatoms. The number of H-pyrrole nitrogens is 1. The van der Waals surface area contributed by atoms with E-state index < -0.39 is 10.0 Å². The molecule has 6 nitrogen and oxygen atoms in total. The SMILES string of the molecule is CC(C)(CCCO)CNS(=O)(=O)c1[nH]cnc1Br. The van der Waals surface area contributed by atoms with Crippen molar-refractivity contribution in [1.29, 1.82) is 0 Å². The fourth-order valence-electron chi connectivity index (χ4n) is 1.46. The number of aromatic amines is 1. The molecule has 0 radical (unpaired) electrons. The molecule has 3 N–H and O–H groups in total. The normalized spacial score (nSPS) is 12.9. The molecule has 0 atom stereocenters. The quantitative estimate of drug-likeness (QED) is 0.696. The van der Waals surface area contributed by atoms with Crippen molar-refractivity contribution in [3.05, 3.63) is 10.9 Å². The van der Waals surface area contributed by atoms with E-state index in [9.17, 15) is 8.42 Å². The summed E-state index contributed by atoms with van der Waals surface area (Å²) in [5.74, 6) is 0. The van der Waals surface area contributed by atoms with E-state index in [1.807, 2.05) is 13.8 Å². The van der Waals surface area contributed by atoms with Gasteiger partial charge in [0, 0.05) is 13.2 Å². The van der Waals surface area contributed by atoms with Gasteiger partial charge >= 0.3 is 0 Å². The van der Waals surface area contributed by atoms with Gasteiger partial charge in [0.05, 0.1) is 6.33 Å². The third-order valence-corrected chi connectivity index (χ3v) is 4.82.